The van der Waals surface area contributed by atoms with Gasteiger partial charge in [-0.05, 0) is 69.9 Å². The molecule has 0 amide bonds. The van der Waals surface area contributed by atoms with E-state index in [0.29, 0.717) is 5.92 Å². The number of likely N-dealkylation sites (N-methyl/N-ethyl adjacent to an activating group) is 1. The SMILES string of the molecule is CN(C)CC1(O)CC2CC3CC(C2)C1C3.Cl. The lowest BCUT2D eigenvalue weighted by atomic mass is 9.65. The van der Waals surface area contributed by atoms with Crippen LogP contribution in [0, 0.1) is 23.7 Å². The first kappa shape index (κ1) is 12.7. The van der Waals surface area contributed by atoms with Crippen molar-refractivity contribution >= 4 is 12.4 Å². The van der Waals surface area contributed by atoms with Crippen molar-refractivity contribution in [3.8, 4) is 0 Å². The highest BCUT2D eigenvalue weighted by atomic mass is 35.5. The molecule has 0 heterocycles. The fourth-order valence-corrected chi connectivity index (χ4v) is 4.89. The van der Waals surface area contributed by atoms with E-state index in [1.165, 1.54) is 25.7 Å². The smallest absolute Gasteiger partial charge is 0.0807 e. The highest BCUT2D eigenvalue weighted by Crippen LogP contribution is 2.58. The molecule has 0 aromatic rings. The van der Waals surface area contributed by atoms with Crippen molar-refractivity contribution in [2.45, 2.75) is 37.7 Å². The summed E-state index contributed by atoms with van der Waals surface area (Å²) in [5.74, 6) is 3.25. The fourth-order valence-electron chi connectivity index (χ4n) is 4.89. The van der Waals surface area contributed by atoms with Crippen LogP contribution in [0.25, 0.3) is 0 Å². The quantitative estimate of drug-likeness (QED) is 0.806. The summed E-state index contributed by atoms with van der Waals surface area (Å²) in [6, 6.07) is 0. The third-order valence-corrected chi connectivity index (χ3v) is 5.02. The van der Waals surface area contributed by atoms with Crippen LogP contribution in [-0.2, 0) is 0 Å². The Hall–Kier alpha value is 0.210. The maximum absolute atomic E-state index is 10.9. The molecule has 16 heavy (non-hydrogen) atoms. The van der Waals surface area contributed by atoms with E-state index in [-0.39, 0.29) is 18.0 Å². The molecule has 3 fully saturated rings. The first-order valence-corrected chi connectivity index (χ1v) is 6.44. The largest absolute Gasteiger partial charge is 0.388 e. The predicted molar refractivity (Wildman–Crippen MR) is 67.8 cm³/mol. The summed E-state index contributed by atoms with van der Waals surface area (Å²) in [5.41, 5.74) is -0.359. The molecule has 5 unspecified atom stereocenters. The molecule has 2 nitrogen and oxygen atoms in total. The van der Waals surface area contributed by atoms with Gasteiger partial charge in [0.2, 0.25) is 0 Å². The summed E-state index contributed by atoms with van der Waals surface area (Å²) >= 11 is 0. The molecule has 3 aliphatic rings. The zero-order valence-electron chi connectivity index (χ0n) is 10.4. The van der Waals surface area contributed by atoms with E-state index in [9.17, 15) is 5.11 Å². The minimum atomic E-state index is -0.359. The Morgan fingerprint density at radius 2 is 1.81 bits per heavy atom. The van der Waals surface area contributed by atoms with Crippen LogP contribution < -0.4 is 0 Å². The highest BCUT2D eigenvalue weighted by Gasteiger charge is 2.55. The summed E-state index contributed by atoms with van der Waals surface area (Å²) in [5, 5.41) is 10.9. The Bertz CT molecular complexity index is 269. The Balaban J connectivity index is 0.000000963. The number of hydrogen-bond acceptors (Lipinski definition) is 2. The maximum atomic E-state index is 10.9. The van der Waals surface area contributed by atoms with Gasteiger partial charge in [0.05, 0.1) is 5.60 Å². The van der Waals surface area contributed by atoms with E-state index in [0.717, 1.165) is 30.7 Å². The Kier molecular flexibility index (Phi) is 3.28. The van der Waals surface area contributed by atoms with E-state index < -0.39 is 0 Å². The monoisotopic (exact) mass is 245 g/mol. The molecule has 3 rings (SSSR count). The van der Waals surface area contributed by atoms with Gasteiger partial charge in [-0.2, -0.15) is 0 Å². The summed E-state index contributed by atoms with van der Waals surface area (Å²) < 4.78 is 0. The molecule has 3 heteroatoms. The molecule has 94 valence electrons. The van der Waals surface area contributed by atoms with Crippen LogP contribution in [0.2, 0.25) is 0 Å². The standard InChI is InChI=1S/C13H23NO.ClH/c1-14(2)8-13(15)7-10-3-9-4-11(5-10)12(13)6-9;/h9-12,15H,3-8H2,1-2H3;1H. The van der Waals surface area contributed by atoms with Crippen LogP contribution in [0.3, 0.4) is 0 Å². The minimum Gasteiger partial charge on any atom is -0.388 e. The number of aliphatic hydroxyl groups is 1. The molecule has 0 aromatic carbocycles. The molecular formula is C13H24ClNO. The van der Waals surface area contributed by atoms with Crippen molar-refractivity contribution in [3.05, 3.63) is 0 Å². The molecule has 3 saturated carbocycles. The lowest BCUT2D eigenvalue weighted by molar-refractivity contribution is -0.0929. The molecule has 5 atom stereocenters. The van der Waals surface area contributed by atoms with Crippen molar-refractivity contribution < 1.29 is 5.11 Å². The van der Waals surface area contributed by atoms with E-state index in [4.69, 9.17) is 0 Å². The van der Waals surface area contributed by atoms with Gasteiger partial charge >= 0.3 is 0 Å². The first-order chi connectivity index (χ1) is 7.07. The van der Waals surface area contributed by atoms with Gasteiger partial charge in [-0.25, -0.2) is 0 Å². The predicted octanol–water partition coefficient (Wildman–Crippen LogP) is 2.16. The zero-order chi connectivity index (χ0) is 10.6. The molecule has 0 aliphatic heterocycles. The van der Waals surface area contributed by atoms with Crippen molar-refractivity contribution in [3.63, 3.8) is 0 Å². The highest BCUT2D eigenvalue weighted by molar-refractivity contribution is 5.85. The van der Waals surface area contributed by atoms with Gasteiger partial charge in [-0.15, -0.1) is 12.4 Å². The average Bonchev–Trinajstić information content (AvgIpc) is 2.34. The first-order valence-electron chi connectivity index (χ1n) is 6.44. The third-order valence-electron chi connectivity index (χ3n) is 5.02. The molecule has 3 bridgehead atoms. The molecule has 0 saturated heterocycles. The number of hydrogen-bond donors (Lipinski definition) is 1. The maximum Gasteiger partial charge on any atom is 0.0807 e. The van der Waals surface area contributed by atoms with E-state index in [2.05, 4.69) is 19.0 Å². The fraction of sp³-hybridized carbons (Fsp3) is 1.00. The lowest BCUT2D eigenvalue weighted by Gasteiger charge is -2.46. The normalized spacial score (nSPS) is 49.5. The molecule has 3 aliphatic carbocycles. The number of rotatable bonds is 2. The second-order valence-electron chi connectivity index (χ2n) is 6.59. The van der Waals surface area contributed by atoms with Crippen molar-refractivity contribution in [2.75, 3.05) is 20.6 Å². The molecule has 0 spiro atoms. The Morgan fingerprint density at radius 3 is 2.50 bits per heavy atom. The Morgan fingerprint density at radius 1 is 1.12 bits per heavy atom. The number of nitrogens with zero attached hydrogens (tertiary/aromatic N) is 1. The van der Waals surface area contributed by atoms with Gasteiger partial charge in [0.25, 0.3) is 0 Å². The van der Waals surface area contributed by atoms with Crippen LogP contribution in [0.4, 0.5) is 0 Å². The van der Waals surface area contributed by atoms with Crippen LogP contribution >= 0.6 is 12.4 Å². The van der Waals surface area contributed by atoms with Gasteiger partial charge in [-0.1, -0.05) is 0 Å². The summed E-state index contributed by atoms with van der Waals surface area (Å²) in [7, 11) is 4.17. The lowest BCUT2D eigenvalue weighted by Crippen LogP contribution is -2.51. The van der Waals surface area contributed by atoms with E-state index in [1.807, 2.05) is 0 Å². The van der Waals surface area contributed by atoms with Gasteiger partial charge in [0, 0.05) is 6.54 Å². The summed E-state index contributed by atoms with van der Waals surface area (Å²) in [6.07, 6.45) is 6.62. The number of halogens is 1. The number of fused-ring (bicyclic) bond motifs is 2. The average molecular weight is 246 g/mol. The molecule has 0 aromatic heterocycles. The minimum absolute atomic E-state index is 0. The van der Waals surface area contributed by atoms with Crippen LogP contribution in [0.15, 0.2) is 0 Å². The summed E-state index contributed by atoms with van der Waals surface area (Å²) in [6.45, 7) is 0.872. The third kappa shape index (κ3) is 1.89. The second kappa shape index (κ2) is 4.15. The second-order valence-corrected chi connectivity index (χ2v) is 6.59. The van der Waals surface area contributed by atoms with Gasteiger partial charge in [0.1, 0.15) is 0 Å². The van der Waals surface area contributed by atoms with Gasteiger partial charge in [-0.3, -0.25) is 0 Å². The van der Waals surface area contributed by atoms with Crippen LogP contribution in [0.1, 0.15) is 32.1 Å². The van der Waals surface area contributed by atoms with Gasteiger partial charge in [0.15, 0.2) is 0 Å². The van der Waals surface area contributed by atoms with Crippen molar-refractivity contribution in [1.29, 1.82) is 0 Å². The van der Waals surface area contributed by atoms with Crippen molar-refractivity contribution in [2.24, 2.45) is 23.7 Å². The summed E-state index contributed by atoms with van der Waals surface area (Å²) in [4.78, 5) is 2.16. The topological polar surface area (TPSA) is 23.5 Å². The van der Waals surface area contributed by atoms with E-state index in [1.54, 1.807) is 0 Å². The van der Waals surface area contributed by atoms with E-state index >= 15 is 0 Å². The Labute approximate surface area is 105 Å². The van der Waals surface area contributed by atoms with Crippen LogP contribution in [-0.4, -0.2) is 36.2 Å². The van der Waals surface area contributed by atoms with Gasteiger partial charge < -0.3 is 10.0 Å². The van der Waals surface area contributed by atoms with Crippen molar-refractivity contribution in [1.82, 2.24) is 4.90 Å². The zero-order valence-corrected chi connectivity index (χ0v) is 11.2. The molecule has 1 N–H and O–H groups in total. The molecule has 0 radical (unpaired) electrons. The van der Waals surface area contributed by atoms with Crippen LogP contribution in [0.5, 0.6) is 0 Å². The molecular weight excluding hydrogens is 222 g/mol.